The van der Waals surface area contributed by atoms with Gasteiger partial charge in [-0.3, -0.25) is 9.80 Å². The molecule has 3 nitrogen and oxygen atoms in total. The van der Waals surface area contributed by atoms with Crippen LogP contribution in [0.15, 0.2) is 12.1 Å². The van der Waals surface area contributed by atoms with Crippen molar-refractivity contribution in [1.29, 1.82) is 0 Å². The van der Waals surface area contributed by atoms with E-state index in [2.05, 4.69) is 18.7 Å². The standard InChI is InChI=1S/C17H25F3N2O/c1-12(2)9-22-7-6-21(10-13(22)5-8-23)11-14-15(18)3-4-16(19)17(14)20/h3-4,12-13,23H,5-11H2,1-2H3/t13-/m1/s1. The first-order valence-electron chi connectivity index (χ1n) is 8.12. The number of hydrogen-bond acceptors (Lipinski definition) is 3. The lowest BCUT2D eigenvalue weighted by Gasteiger charge is -2.42. The topological polar surface area (TPSA) is 26.7 Å². The zero-order valence-corrected chi connectivity index (χ0v) is 13.7. The molecule has 6 heteroatoms. The van der Waals surface area contributed by atoms with Gasteiger partial charge in [-0.2, -0.15) is 0 Å². The fourth-order valence-electron chi connectivity index (χ4n) is 3.17. The lowest BCUT2D eigenvalue weighted by atomic mass is 10.0. The molecule has 0 unspecified atom stereocenters. The number of nitrogens with zero attached hydrogens (tertiary/aromatic N) is 2. The van der Waals surface area contributed by atoms with Crippen molar-refractivity contribution < 1.29 is 18.3 Å². The van der Waals surface area contributed by atoms with E-state index in [4.69, 9.17) is 0 Å². The smallest absolute Gasteiger partial charge is 0.166 e. The molecular formula is C17H25F3N2O. The van der Waals surface area contributed by atoms with Crippen molar-refractivity contribution in [3.8, 4) is 0 Å². The van der Waals surface area contributed by atoms with Crippen LogP contribution in [-0.4, -0.2) is 53.7 Å². The Kier molecular flexibility index (Phi) is 6.44. The molecule has 0 bridgehead atoms. The van der Waals surface area contributed by atoms with E-state index in [0.29, 0.717) is 25.4 Å². The van der Waals surface area contributed by atoms with E-state index in [1.807, 2.05) is 4.90 Å². The molecule has 1 atom stereocenters. The third-order valence-corrected chi connectivity index (χ3v) is 4.27. The second-order valence-electron chi connectivity index (χ2n) is 6.61. The van der Waals surface area contributed by atoms with Gasteiger partial charge >= 0.3 is 0 Å². The van der Waals surface area contributed by atoms with Crippen molar-refractivity contribution in [2.45, 2.75) is 32.9 Å². The van der Waals surface area contributed by atoms with Gasteiger partial charge in [-0.15, -0.1) is 0 Å². The van der Waals surface area contributed by atoms with Gasteiger partial charge < -0.3 is 5.11 Å². The van der Waals surface area contributed by atoms with E-state index >= 15 is 0 Å². The quantitative estimate of drug-likeness (QED) is 0.813. The van der Waals surface area contributed by atoms with E-state index in [9.17, 15) is 18.3 Å². The molecule has 2 rings (SSSR count). The minimum absolute atomic E-state index is 0.0485. The highest BCUT2D eigenvalue weighted by molar-refractivity contribution is 5.21. The molecule has 1 heterocycles. The third kappa shape index (κ3) is 4.68. The Bertz CT molecular complexity index is 525. The first-order valence-corrected chi connectivity index (χ1v) is 8.12. The lowest BCUT2D eigenvalue weighted by Crippen LogP contribution is -2.54. The second kappa shape index (κ2) is 8.13. The summed E-state index contributed by atoms with van der Waals surface area (Å²) < 4.78 is 40.9. The van der Waals surface area contributed by atoms with Crippen molar-refractivity contribution in [2.75, 3.05) is 32.8 Å². The number of aliphatic hydroxyl groups excluding tert-OH is 1. The van der Waals surface area contributed by atoms with E-state index in [-0.39, 0.29) is 24.8 Å². The van der Waals surface area contributed by atoms with E-state index in [1.165, 1.54) is 0 Å². The summed E-state index contributed by atoms with van der Waals surface area (Å²) in [4.78, 5) is 4.24. The maximum absolute atomic E-state index is 13.8. The van der Waals surface area contributed by atoms with Crippen LogP contribution in [0.3, 0.4) is 0 Å². The van der Waals surface area contributed by atoms with Gasteiger partial charge in [0.1, 0.15) is 5.82 Å². The van der Waals surface area contributed by atoms with Crippen LogP contribution in [0.25, 0.3) is 0 Å². The molecule has 130 valence electrons. The minimum Gasteiger partial charge on any atom is -0.396 e. The van der Waals surface area contributed by atoms with E-state index in [1.54, 1.807) is 0 Å². The van der Waals surface area contributed by atoms with Gasteiger partial charge in [0.2, 0.25) is 0 Å². The summed E-state index contributed by atoms with van der Waals surface area (Å²) in [6, 6.07) is 1.92. The lowest BCUT2D eigenvalue weighted by molar-refractivity contribution is 0.0466. The van der Waals surface area contributed by atoms with Gasteiger partial charge in [-0.05, 0) is 24.5 Å². The largest absolute Gasteiger partial charge is 0.396 e. The highest BCUT2D eigenvalue weighted by atomic mass is 19.2. The van der Waals surface area contributed by atoms with Crippen LogP contribution in [0.5, 0.6) is 0 Å². The first kappa shape index (κ1) is 18.2. The fourth-order valence-corrected chi connectivity index (χ4v) is 3.17. The zero-order chi connectivity index (χ0) is 17.0. The molecule has 1 fully saturated rings. The fraction of sp³-hybridized carbons (Fsp3) is 0.647. The van der Waals surface area contributed by atoms with Gasteiger partial charge in [-0.25, -0.2) is 13.2 Å². The average Bonchev–Trinajstić information content (AvgIpc) is 2.50. The minimum atomic E-state index is -1.10. The molecule has 0 saturated carbocycles. The summed E-state index contributed by atoms with van der Waals surface area (Å²) in [7, 11) is 0. The summed E-state index contributed by atoms with van der Waals surface area (Å²) in [5, 5.41) is 9.26. The third-order valence-electron chi connectivity index (χ3n) is 4.27. The average molecular weight is 330 g/mol. The van der Waals surface area contributed by atoms with Crippen LogP contribution < -0.4 is 0 Å². The van der Waals surface area contributed by atoms with Crippen molar-refractivity contribution in [3.05, 3.63) is 35.1 Å². The Morgan fingerprint density at radius 1 is 1.17 bits per heavy atom. The zero-order valence-electron chi connectivity index (χ0n) is 13.7. The van der Waals surface area contributed by atoms with Crippen molar-refractivity contribution in [1.82, 2.24) is 9.80 Å². The molecule has 1 aliphatic rings. The SMILES string of the molecule is CC(C)CN1CCN(Cc2c(F)ccc(F)c2F)C[C@H]1CCO. The van der Waals surface area contributed by atoms with Gasteiger partial charge in [0.25, 0.3) is 0 Å². The summed E-state index contributed by atoms with van der Waals surface area (Å²) in [6.07, 6.45) is 0.622. The number of hydrogen-bond donors (Lipinski definition) is 1. The molecule has 0 aliphatic carbocycles. The first-order chi connectivity index (χ1) is 10.9. The monoisotopic (exact) mass is 330 g/mol. The van der Waals surface area contributed by atoms with E-state index < -0.39 is 17.5 Å². The van der Waals surface area contributed by atoms with Crippen LogP contribution in [0.1, 0.15) is 25.8 Å². The molecule has 23 heavy (non-hydrogen) atoms. The molecule has 0 aromatic heterocycles. The molecule has 1 N–H and O–H groups in total. The van der Waals surface area contributed by atoms with Crippen LogP contribution in [0.4, 0.5) is 13.2 Å². The maximum Gasteiger partial charge on any atom is 0.166 e. The molecule has 0 radical (unpaired) electrons. The van der Waals surface area contributed by atoms with E-state index in [0.717, 1.165) is 25.2 Å². The summed E-state index contributed by atoms with van der Waals surface area (Å²) in [5.74, 6) is -2.33. The van der Waals surface area contributed by atoms with Gasteiger partial charge in [0.15, 0.2) is 11.6 Å². The normalized spacial score (nSPS) is 20.4. The van der Waals surface area contributed by atoms with Crippen LogP contribution in [-0.2, 0) is 6.54 Å². The predicted octanol–water partition coefficient (Wildman–Crippen LogP) is 2.63. The maximum atomic E-state index is 13.8. The summed E-state index contributed by atoms with van der Waals surface area (Å²) in [6.45, 7) is 7.40. The molecular weight excluding hydrogens is 305 g/mol. The molecule has 1 saturated heterocycles. The Morgan fingerprint density at radius 2 is 1.87 bits per heavy atom. The highest BCUT2D eigenvalue weighted by Gasteiger charge is 2.28. The Labute approximate surface area is 135 Å². The van der Waals surface area contributed by atoms with Crippen LogP contribution >= 0.6 is 0 Å². The molecule has 1 aromatic carbocycles. The number of halogens is 3. The van der Waals surface area contributed by atoms with Crippen LogP contribution in [0, 0.1) is 23.4 Å². The summed E-state index contributed by atoms with van der Waals surface area (Å²) in [5.41, 5.74) is -0.218. The highest BCUT2D eigenvalue weighted by Crippen LogP contribution is 2.21. The number of aliphatic hydroxyl groups is 1. The molecule has 0 amide bonds. The number of piperazine rings is 1. The van der Waals surface area contributed by atoms with Gasteiger partial charge in [0, 0.05) is 50.9 Å². The van der Waals surface area contributed by atoms with Crippen LogP contribution in [0.2, 0.25) is 0 Å². The second-order valence-corrected chi connectivity index (χ2v) is 6.61. The van der Waals surface area contributed by atoms with Crippen molar-refractivity contribution in [3.63, 3.8) is 0 Å². The molecule has 1 aliphatic heterocycles. The number of benzene rings is 1. The molecule has 0 spiro atoms. The van der Waals surface area contributed by atoms with Crippen molar-refractivity contribution in [2.24, 2.45) is 5.92 Å². The molecule has 1 aromatic rings. The van der Waals surface area contributed by atoms with Gasteiger partial charge in [-0.1, -0.05) is 13.8 Å². The predicted molar refractivity (Wildman–Crippen MR) is 83.5 cm³/mol. The van der Waals surface area contributed by atoms with Gasteiger partial charge in [0.05, 0.1) is 0 Å². The Morgan fingerprint density at radius 3 is 2.52 bits per heavy atom. The van der Waals surface area contributed by atoms with Crippen molar-refractivity contribution >= 4 is 0 Å². The summed E-state index contributed by atoms with van der Waals surface area (Å²) >= 11 is 0. The Hall–Kier alpha value is -1.11. The number of rotatable bonds is 6. The Balaban J connectivity index is 2.07.